The predicted molar refractivity (Wildman–Crippen MR) is 64.5 cm³/mol. The molecule has 0 bridgehead atoms. The minimum atomic E-state index is -0.740. The van der Waals surface area contributed by atoms with Crippen LogP contribution in [0.4, 0.5) is 0 Å². The zero-order valence-electron chi connectivity index (χ0n) is 9.82. The van der Waals surface area contributed by atoms with Crippen molar-refractivity contribution in [3.63, 3.8) is 0 Å². The molecule has 0 saturated heterocycles. The number of ether oxygens (including phenoxy) is 1. The standard InChI is InChI=1S/C11H22O3S/c1-4-11(3,10(12)13)6-7-14-9(2)5-8-15/h9,15H,4-8H2,1-3H3,(H,12,13). The smallest absolute Gasteiger partial charge is 0.309 e. The van der Waals surface area contributed by atoms with Gasteiger partial charge in [0.2, 0.25) is 0 Å². The molecule has 0 heterocycles. The Hall–Kier alpha value is -0.220. The molecule has 0 rings (SSSR count). The first kappa shape index (κ1) is 14.8. The summed E-state index contributed by atoms with van der Waals surface area (Å²) in [5, 5.41) is 9.03. The van der Waals surface area contributed by atoms with Crippen LogP contribution in [0.15, 0.2) is 0 Å². The lowest BCUT2D eigenvalue weighted by Crippen LogP contribution is -2.29. The Morgan fingerprint density at radius 3 is 2.60 bits per heavy atom. The lowest BCUT2D eigenvalue weighted by Gasteiger charge is -2.23. The van der Waals surface area contributed by atoms with Crippen molar-refractivity contribution >= 4 is 18.6 Å². The molecule has 0 fully saturated rings. The van der Waals surface area contributed by atoms with E-state index >= 15 is 0 Å². The van der Waals surface area contributed by atoms with Crippen LogP contribution in [0.3, 0.4) is 0 Å². The lowest BCUT2D eigenvalue weighted by atomic mass is 9.84. The first-order valence-corrected chi connectivity index (χ1v) is 6.05. The number of hydrogen-bond donors (Lipinski definition) is 2. The number of carbonyl (C=O) groups is 1. The van der Waals surface area contributed by atoms with Crippen molar-refractivity contribution in [2.24, 2.45) is 5.41 Å². The van der Waals surface area contributed by atoms with Crippen molar-refractivity contribution in [1.82, 2.24) is 0 Å². The summed E-state index contributed by atoms with van der Waals surface area (Å²) in [6.45, 7) is 6.15. The molecule has 2 unspecified atom stereocenters. The van der Waals surface area contributed by atoms with Gasteiger partial charge in [-0.15, -0.1) is 0 Å². The van der Waals surface area contributed by atoms with Crippen molar-refractivity contribution in [3.05, 3.63) is 0 Å². The van der Waals surface area contributed by atoms with E-state index in [1.165, 1.54) is 0 Å². The van der Waals surface area contributed by atoms with Gasteiger partial charge in [0.15, 0.2) is 0 Å². The molecule has 0 radical (unpaired) electrons. The second-order valence-corrected chi connectivity index (χ2v) is 4.61. The zero-order chi connectivity index (χ0) is 11.9. The van der Waals surface area contributed by atoms with Gasteiger partial charge in [0.25, 0.3) is 0 Å². The largest absolute Gasteiger partial charge is 0.481 e. The van der Waals surface area contributed by atoms with E-state index in [0.717, 1.165) is 12.2 Å². The second kappa shape index (κ2) is 7.12. The topological polar surface area (TPSA) is 46.5 Å². The van der Waals surface area contributed by atoms with Crippen LogP contribution in [-0.4, -0.2) is 29.5 Å². The van der Waals surface area contributed by atoms with Gasteiger partial charge in [-0.1, -0.05) is 6.92 Å². The number of carboxylic acid groups (broad SMARTS) is 1. The highest BCUT2D eigenvalue weighted by Gasteiger charge is 2.30. The maximum absolute atomic E-state index is 11.0. The molecule has 0 amide bonds. The van der Waals surface area contributed by atoms with Gasteiger partial charge in [-0.3, -0.25) is 4.79 Å². The number of thiol groups is 1. The molecular weight excluding hydrogens is 212 g/mol. The molecule has 0 aromatic rings. The van der Waals surface area contributed by atoms with Crippen LogP contribution in [0.2, 0.25) is 0 Å². The minimum Gasteiger partial charge on any atom is -0.481 e. The molecule has 0 aromatic carbocycles. The molecule has 4 heteroatoms. The highest BCUT2D eigenvalue weighted by atomic mass is 32.1. The summed E-state index contributed by atoms with van der Waals surface area (Å²) >= 11 is 4.12. The lowest BCUT2D eigenvalue weighted by molar-refractivity contribution is -0.149. The van der Waals surface area contributed by atoms with E-state index < -0.39 is 11.4 Å². The molecule has 0 saturated carbocycles. The third-order valence-electron chi connectivity index (χ3n) is 2.89. The number of rotatable bonds is 8. The van der Waals surface area contributed by atoms with Gasteiger partial charge in [-0.25, -0.2) is 0 Å². The molecule has 0 aliphatic carbocycles. The van der Waals surface area contributed by atoms with Crippen molar-refractivity contribution in [1.29, 1.82) is 0 Å². The van der Waals surface area contributed by atoms with Crippen LogP contribution >= 0.6 is 12.6 Å². The summed E-state index contributed by atoms with van der Waals surface area (Å²) in [5.41, 5.74) is -0.652. The van der Waals surface area contributed by atoms with Gasteiger partial charge >= 0.3 is 5.97 Å². The quantitative estimate of drug-likeness (QED) is 0.635. The summed E-state index contributed by atoms with van der Waals surface area (Å²) in [5.74, 6) is 0.0564. The molecule has 1 N–H and O–H groups in total. The molecule has 3 nitrogen and oxygen atoms in total. The zero-order valence-corrected chi connectivity index (χ0v) is 10.7. The Labute approximate surface area is 97.6 Å². The average molecular weight is 234 g/mol. The van der Waals surface area contributed by atoms with Crippen LogP contribution < -0.4 is 0 Å². The van der Waals surface area contributed by atoms with Gasteiger partial charge in [-0.05, 0) is 38.9 Å². The first-order valence-electron chi connectivity index (χ1n) is 5.42. The fourth-order valence-corrected chi connectivity index (χ4v) is 1.55. The van der Waals surface area contributed by atoms with Crippen molar-refractivity contribution in [2.45, 2.75) is 46.1 Å². The molecule has 90 valence electrons. The van der Waals surface area contributed by atoms with Crippen LogP contribution in [0, 0.1) is 5.41 Å². The van der Waals surface area contributed by atoms with E-state index in [0.29, 0.717) is 19.4 Å². The molecule has 15 heavy (non-hydrogen) atoms. The second-order valence-electron chi connectivity index (χ2n) is 4.16. The Kier molecular flexibility index (Phi) is 7.02. The molecule has 0 aromatic heterocycles. The monoisotopic (exact) mass is 234 g/mol. The van der Waals surface area contributed by atoms with Crippen molar-refractivity contribution in [2.75, 3.05) is 12.4 Å². The maximum Gasteiger partial charge on any atom is 0.309 e. The molecule has 2 atom stereocenters. The fraction of sp³-hybridized carbons (Fsp3) is 0.909. The summed E-state index contributed by atoms with van der Waals surface area (Å²) in [4.78, 5) is 11.0. The van der Waals surface area contributed by atoms with Gasteiger partial charge < -0.3 is 9.84 Å². The van der Waals surface area contributed by atoms with E-state index in [-0.39, 0.29) is 6.10 Å². The molecule has 0 aliphatic rings. The van der Waals surface area contributed by atoms with Gasteiger partial charge in [0, 0.05) is 6.61 Å². The number of aliphatic carboxylic acids is 1. The third kappa shape index (κ3) is 5.42. The van der Waals surface area contributed by atoms with Gasteiger partial charge in [0.05, 0.1) is 11.5 Å². The molecular formula is C11H22O3S. The van der Waals surface area contributed by atoms with Crippen molar-refractivity contribution in [3.8, 4) is 0 Å². The third-order valence-corrected chi connectivity index (χ3v) is 3.15. The minimum absolute atomic E-state index is 0.164. The van der Waals surface area contributed by atoms with E-state index in [9.17, 15) is 4.79 Å². The average Bonchev–Trinajstić information content (AvgIpc) is 2.17. The SMILES string of the molecule is CCC(C)(CCOC(C)CCS)C(=O)O. The van der Waals surface area contributed by atoms with E-state index in [1.54, 1.807) is 6.92 Å². The number of hydrogen-bond acceptors (Lipinski definition) is 3. The summed E-state index contributed by atoms with van der Waals surface area (Å²) < 4.78 is 5.52. The maximum atomic E-state index is 11.0. The van der Waals surface area contributed by atoms with E-state index in [1.807, 2.05) is 13.8 Å². The van der Waals surface area contributed by atoms with Crippen molar-refractivity contribution < 1.29 is 14.6 Å². The molecule has 0 aliphatic heterocycles. The molecule has 0 spiro atoms. The van der Waals surface area contributed by atoms with Crippen LogP contribution in [0.25, 0.3) is 0 Å². The van der Waals surface area contributed by atoms with Gasteiger partial charge in [0.1, 0.15) is 0 Å². The van der Waals surface area contributed by atoms with Crippen LogP contribution in [-0.2, 0) is 9.53 Å². The normalized spacial score (nSPS) is 17.1. The summed E-state index contributed by atoms with van der Waals surface area (Å²) in [6, 6.07) is 0. The Balaban J connectivity index is 3.87. The Morgan fingerprint density at radius 2 is 2.20 bits per heavy atom. The Morgan fingerprint density at radius 1 is 1.60 bits per heavy atom. The van der Waals surface area contributed by atoms with Gasteiger partial charge in [-0.2, -0.15) is 12.6 Å². The first-order chi connectivity index (χ1) is 6.96. The van der Waals surface area contributed by atoms with E-state index in [4.69, 9.17) is 9.84 Å². The number of carboxylic acids is 1. The van der Waals surface area contributed by atoms with Crippen LogP contribution in [0.5, 0.6) is 0 Å². The highest BCUT2D eigenvalue weighted by Crippen LogP contribution is 2.26. The highest BCUT2D eigenvalue weighted by molar-refractivity contribution is 7.80. The summed E-state index contributed by atoms with van der Waals surface area (Å²) in [7, 11) is 0. The van der Waals surface area contributed by atoms with E-state index in [2.05, 4.69) is 12.6 Å². The van der Waals surface area contributed by atoms with Crippen LogP contribution in [0.1, 0.15) is 40.0 Å². The fourth-order valence-electron chi connectivity index (χ4n) is 1.19. The summed E-state index contributed by atoms with van der Waals surface area (Å²) in [6.07, 6.45) is 2.26. The predicted octanol–water partition coefficient (Wildman–Crippen LogP) is 2.60. The Bertz CT molecular complexity index is 196.